The number of carbonyl (C=O) groups excluding carboxylic acids is 2. The minimum atomic E-state index is -3.44. The van der Waals surface area contributed by atoms with E-state index in [1.54, 1.807) is 24.3 Å². The molecule has 0 aliphatic carbocycles. The van der Waals surface area contributed by atoms with Crippen LogP contribution in [0.1, 0.15) is 29.0 Å². The van der Waals surface area contributed by atoms with Gasteiger partial charge in [-0.25, -0.2) is 13.2 Å². The van der Waals surface area contributed by atoms with Crippen molar-refractivity contribution in [2.75, 3.05) is 19.4 Å². The third kappa shape index (κ3) is 5.98. The molecule has 1 aliphatic heterocycles. The highest BCUT2D eigenvalue weighted by Crippen LogP contribution is 2.33. The van der Waals surface area contributed by atoms with Gasteiger partial charge in [-0.3, -0.25) is 4.79 Å². The van der Waals surface area contributed by atoms with Gasteiger partial charge >= 0.3 is 5.97 Å². The predicted octanol–water partition coefficient (Wildman–Crippen LogP) is 3.82. The van der Waals surface area contributed by atoms with Crippen LogP contribution in [0.25, 0.3) is 0 Å². The van der Waals surface area contributed by atoms with E-state index in [0.717, 1.165) is 16.7 Å². The molecule has 0 radical (unpaired) electrons. The maximum absolute atomic E-state index is 13.9. The normalized spacial score (nSPS) is 17.9. The lowest BCUT2D eigenvalue weighted by molar-refractivity contribution is -0.151. The molecule has 182 valence electrons. The van der Waals surface area contributed by atoms with Crippen molar-refractivity contribution < 1.29 is 22.7 Å². The molecule has 0 aromatic heterocycles. The highest BCUT2D eigenvalue weighted by molar-refractivity contribution is 7.90. The zero-order chi connectivity index (χ0) is 24.8. The van der Waals surface area contributed by atoms with Crippen LogP contribution in [0, 0.1) is 5.92 Å². The van der Waals surface area contributed by atoms with Crippen LogP contribution in [0.3, 0.4) is 0 Å². The van der Waals surface area contributed by atoms with Crippen LogP contribution in [-0.2, 0) is 29.9 Å². The number of methoxy groups -OCH3 is 1. The highest BCUT2D eigenvalue weighted by atomic mass is 32.2. The van der Waals surface area contributed by atoms with Crippen LogP contribution in [0.4, 0.5) is 0 Å². The first-order valence-corrected chi connectivity index (χ1v) is 13.4. The Hall–Kier alpha value is -3.45. The van der Waals surface area contributed by atoms with E-state index in [2.05, 4.69) is 0 Å². The molecule has 0 N–H and O–H groups in total. The number of rotatable bonds is 8. The van der Waals surface area contributed by atoms with Crippen LogP contribution in [0.15, 0.2) is 91.0 Å². The van der Waals surface area contributed by atoms with Gasteiger partial charge in [0.05, 0.1) is 24.5 Å². The lowest BCUT2D eigenvalue weighted by Gasteiger charge is -2.28. The van der Waals surface area contributed by atoms with Gasteiger partial charge in [0.1, 0.15) is 6.04 Å². The van der Waals surface area contributed by atoms with Crippen molar-refractivity contribution in [3.63, 3.8) is 0 Å². The number of amides is 1. The summed E-state index contributed by atoms with van der Waals surface area (Å²) in [6.45, 7) is 0.183. The number of carbonyl (C=O) groups is 2. The standard InChI is InChI=1S/C28H29NO5S/c1-34-28(31)25-17-22(20-35(32,33)19-21-11-5-2-6-12-21)18-29(25)27(30)26(23-13-7-3-8-14-23)24-15-9-4-10-16-24/h2-16,22,25-26H,17-20H2,1H3/t22-,25-/m0/s1. The van der Waals surface area contributed by atoms with Crippen LogP contribution in [0.5, 0.6) is 0 Å². The molecule has 35 heavy (non-hydrogen) atoms. The van der Waals surface area contributed by atoms with Crippen molar-refractivity contribution in [3.8, 4) is 0 Å². The van der Waals surface area contributed by atoms with Gasteiger partial charge in [0.25, 0.3) is 0 Å². The number of benzene rings is 3. The summed E-state index contributed by atoms with van der Waals surface area (Å²) in [5, 5.41) is 0. The first-order chi connectivity index (χ1) is 16.9. The third-order valence-corrected chi connectivity index (χ3v) is 8.13. The number of hydrogen-bond acceptors (Lipinski definition) is 5. The fraction of sp³-hybridized carbons (Fsp3) is 0.286. The van der Waals surface area contributed by atoms with Gasteiger partial charge in [0, 0.05) is 6.54 Å². The summed E-state index contributed by atoms with van der Waals surface area (Å²) >= 11 is 0. The Labute approximate surface area is 206 Å². The minimum Gasteiger partial charge on any atom is -0.467 e. The van der Waals surface area contributed by atoms with Crippen molar-refractivity contribution in [2.45, 2.75) is 24.1 Å². The molecule has 1 heterocycles. The summed E-state index contributed by atoms with van der Waals surface area (Å²) in [7, 11) is -2.15. The van der Waals surface area contributed by atoms with E-state index >= 15 is 0 Å². The predicted molar refractivity (Wildman–Crippen MR) is 134 cm³/mol. The summed E-state index contributed by atoms with van der Waals surface area (Å²) in [5.74, 6) is -1.90. The summed E-state index contributed by atoms with van der Waals surface area (Å²) in [6, 6.07) is 27.0. The maximum atomic E-state index is 13.9. The van der Waals surface area contributed by atoms with Gasteiger partial charge < -0.3 is 9.64 Å². The Bertz CT molecular complexity index is 1210. The molecule has 2 atom stereocenters. The molecular formula is C28H29NO5S. The Morgan fingerprint density at radius 1 is 0.886 bits per heavy atom. The first kappa shape index (κ1) is 24.7. The Morgan fingerprint density at radius 2 is 1.40 bits per heavy atom. The van der Waals surface area contributed by atoms with Gasteiger partial charge in [0.2, 0.25) is 5.91 Å². The number of hydrogen-bond donors (Lipinski definition) is 0. The topological polar surface area (TPSA) is 80.8 Å². The molecular weight excluding hydrogens is 462 g/mol. The van der Waals surface area contributed by atoms with Crippen molar-refractivity contribution in [1.82, 2.24) is 4.90 Å². The van der Waals surface area contributed by atoms with E-state index in [4.69, 9.17) is 4.74 Å². The average Bonchev–Trinajstić information content (AvgIpc) is 3.28. The number of esters is 1. The van der Waals surface area contributed by atoms with Crippen molar-refractivity contribution in [3.05, 3.63) is 108 Å². The summed E-state index contributed by atoms with van der Waals surface area (Å²) < 4.78 is 30.9. The van der Waals surface area contributed by atoms with Gasteiger partial charge in [-0.2, -0.15) is 0 Å². The molecule has 0 saturated carbocycles. The van der Waals surface area contributed by atoms with E-state index < -0.39 is 27.8 Å². The van der Waals surface area contributed by atoms with Gasteiger partial charge in [-0.15, -0.1) is 0 Å². The number of likely N-dealkylation sites (tertiary alicyclic amines) is 1. The zero-order valence-corrected chi connectivity index (χ0v) is 20.4. The van der Waals surface area contributed by atoms with E-state index in [9.17, 15) is 18.0 Å². The summed E-state index contributed by atoms with van der Waals surface area (Å²) in [5.41, 5.74) is 2.34. The minimum absolute atomic E-state index is 0.0716. The lowest BCUT2D eigenvalue weighted by Crippen LogP contribution is -2.43. The second kappa shape index (κ2) is 10.9. The van der Waals surface area contributed by atoms with Crippen LogP contribution in [-0.4, -0.2) is 50.6 Å². The Morgan fingerprint density at radius 3 is 1.91 bits per heavy atom. The number of ether oxygens (including phenoxy) is 1. The molecule has 1 amide bonds. The molecule has 1 fully saturated rings. The molecule has 1 aliphatic rings. The molecule has 0 spiro atoms. The van der Waals surface area contributed by atoms with Crippen LogP contribution in [0.2, 0.25) is 0 Å². The molecule has 0 bridgehead atoms. The maximum Gasteiger partial charge on any atom is 0.328 e. The average molecular weight is 492 g/mol. The fourth-order valence-electron chi connectivity index (χ4n) is 4.83. The van der Waals surface area contributed by atoms with E-state index in [1.807, 2.05) is 66.7 Å². The summed E-state index contributed by atoms with van der Waals surface area (Å²) in [4.78, 5) is 28.1. The largest absolute Gasteiger partial charge is 0.467 e. The van der Waals surface area contributed by atoms with Crippen molar-refractivity contribution in [2.24, 2.45) is 5.92 Å². The molecule has 4 rings (SSSR count). The molecule has 6 nitrogen and oxygen atoms in total. The smallest absolute Gasteiger partial charge is 0.328 e. The van der Waals surface area contributed by atoms with E-state index in [1.165, 1.54) is 12.0 Å². The monoisotopic (exact) mass is 491 g/mol. The Balaban J connectivity index is 1.60. The third-order valence-electron chi connectivity index (χ3n) is 6.38. The van der Waals surface area contributed by atoms with Crippen molar-refractivity contribution in [1.29, 1.82) is 0 Å². The van der Waals surface area contributed by atoms with Gasteiger partial charge in [0.15, 0.2) is 9.84 Å². The van der Waals surface area contributed by atoms with E-state index in [-0.39, 0.29) is 36.3 Å². The molecule has 7 heteroatoms. The van der Waals surface area contributed by atoms with E-state index in [0.29, 0.717) is 0 Å². The molecule has 3 aromatic carbocycles. The zero-order valence-electron chi connectivity index (χ0n) is 19.6. The van der Waals surface area contributed by atoms with Gasteiger partial charge in [-0.05, 0) is 29.0 Å². The Kier molecular flexibility index (Phi) is 7.66. The van der Waals surface area contributed by atoms with Crippen LogP contribution >= 0.6 is 0 Å². The number of nitrogens with zero attached hydrogens (tertiary/aromatic N) is 1. The highest BCUT2D eigenvalue weighted by Gasteiger charge is 2.44. The molecule has 1 saturated heterocycles. The van der Waals surface area contributed by atoms with Gasteiger partial charge in [-0.1, -0.05) is 91.0 Å². The lowest BCUT2D eigenvalue weighted by atomic mass is 9.90. The quantitative estimate of drug-likeness (QED) is 0.448. The fourth-order valence-corrected chi connectivity index (χ4v) is 6.61. The molecule has 3 aromatic rings. The van der Waals surface area contributed by atoms with Crippen molar-refractivity contribution >= 4 is 21.7 Å². The first-order valence-electron chi connectivity index (χ1n) is 11.6. The number of sulfone groups is 1. The second-order valence-electron chi connectivity index (χ2n) is 8.93. The SMILES string of the molecule is COC(=O)[C@@H]1C[C@H](CS(=O)(=O)Cc2ccccc2)CN1C(=O)C(c1ccccc1)c1ccccc1. The summed E-state index contributed by atoms with van der Waals surface area (Å²) in [6.07, 6.45) is 0.253. The second-order valence-corrected chi connectivity index (χ2v) is 11.0. The van der Waals surface area contributed by atoms with Crippen LogP contribution < -0.4 is 0 Å². The molecule has 0 unspecified atom stereocenters.